The van der Waals surface area contributed by atoms with Crippen LogP contribution in [-0.4, -0.2) is 56.0 Å². The lowest BCUT2D eigenvalue weighted by Crippen LogP contribution is -2.33. The minimum Gasteiger partial charge on any atom is -0.496 e. The molecule has 1 amide bonds. The fourth-order valence-corrected chi connectivity index (χ4v) is 3.38. The van der Waals surface area contributed by atoms with Gasteiger partial charge in [-0.2, -0.15) is 0 Å². The van der Waals surface area contributed by atoms with Gasteiger partial charge < -0.3 is 14.5 Å². The minimum atomic E-state index is 0.147. The first-order chi connectivity index (χ1) is 10.4. The molecule has 0 aromatic heterocycles. The van der Waals surface area contributed by atoms with E-state index in [1.165, 1.54) is 0 Å². The van der Waals surface area contributed by atoms with Gasteiger partial charge in [0.2, 0.25) is 0 Å². The summed E-state index contributed by atoms with van der Waals surface area (Å²) in [5, 5.41) is 0. The highest BCUT2D eigenvalue weighted by Crippen LogP contribution is 2.25. The van der Waals surface area contributed by atoms with E-state index in [1.54, 1.807) is 7.11 Å². The summed E-state index contributed by atoms with van der Waals surface area (Å²) >= 11 is 0. The number of aryl methyl sites for hydroxylation is 2. The fraction of sp³-hybridized carbons (Fsp3) is 0.611. The van der Waals surface area contributed by atoms with E-state index in [-0.39, 0.29) is 5.91 Å². The van der Waals surface area contributed by atoms with E-state index in [9.17, 15) is 4.79 Å². The van der Waals surface area contributed by atoms with E-state index < -0.39 is 0 Å². The molecule has 1 aromatic rings. The molecule has 0 N–H and O–H groups in total. The van der Waals surface area contributed by atoms with Crippen molar-refractivity contribution in [3.05, 3.63) is 28.8 Å². The van der Waals surface area contributed by atoms with Crippen molar-refractivity contribution >= 4 is 5.91 Å². The Balaban J connectivity index is 2.15. The largest absolute Gasteiger partial charge is 0.496 e. The molecule has 1 aromatic carbocycles. The highest BCUT2D eigenvalue weighted by molar-refractivity contribution is 5.95. The van der Waals surface area contributed by atoms with Crippen molar-refractivity contribution in [2.45, 2.75) is 39.2 Å². The van der Waals surface area contributed by atoms with Crippen LogP contribution in [0.5, 0.6) is 5.75 Å². The van der Waals surface area contributed by atoms with Gasteiger partial charge in [-0.15, -0.1) is 0 Å². The van der Waals surface area contributed by atoms with Gasteiger partial charge in [0, 0.05) is 24.7 Å². The Morgan fingerprint density at radius 3 is 2.36 bits per heavy atom. The lowest BCUT2D eigenvalue weighted by Gasteiger charge is -2.24. The topological polar surface area (TPSA) is 32.8 Å². The molecule has 1 atom stereocenters. The molecule has 0 saturated carbocycles. The Labute approximate surface area is 134 Å². The SMILES string of the molecule is COc1c(C)cc(C(=O)N2CCCC(N(C)C)CC2)cc1C. The summed E-state index contributed by atoms with van der Waals surface area (Å²) < 4.78 is 5.39. The zero-order chi connectivity index (χ0) is 16.3. The summed E-state index contributed by atoms with van der Waals surface area (Å²) in [5.74, 6) is 1.02. The molecular formula is C18H28N2O2. The van der Waals surface area contributed by atoms with Gasteiger partial charge in [-0.05, 0) is 70.5 Å². The Morgan fingerprint density at radius 2 is 1.82 bits per heavy atom. The van der Waals surface area contributed by atoms with Crippen molar-refractivity contribution in [1.82, 2.24) is 9.80 Å². The normalized spacial score (nSPS) is 19.2. The zero-order valence-electron chi connectivity index (χ0n) is 14.5. The third kappa shape index (κ3) is 3.61. The van der Waals surface area contributed by atoms with Crippen LogP contribution in [0.15, 0.2) is 12.1 Å². The average Bonchev–Trinajstić information content (AvgIpc) is 2.72. The average molecular weight is 304 g/mol. The molecule has 4 heteroatoms. The lowest BCUT2D eigenvalue weighted by molar-refractivity contribution is 0.0758. The molecule has 0 bridgehead atoms. The van der Waals surface area contributed by atoms with Gasteiger partial charge in [-0.3, -0.25) is 4.79 Å². The summed E-state index contributed by atoms with van der Waals surface area (Å²) in [4.78, 5) is 17.1. The van der Waals surface area contributed by atoms with Crippen LogP contribution < -0.4 is 4.74 Å². The summed E-state index contributed by atoms with van der Waals surface area (Å²) in [6.45, 7) is 5.68. The smallest absolute Gasteiger partial charge is 0.253 e. The van der Waals surface area contributed by atoms with E-state index in [2.05, 4.69) is 19.0 Å². The molecule has 22 heavy (non-hydrogen) atoms. The second-order valence-corrected chi connectivity index (χ2v) is 6.48. The highest BCUT2D eigenvalue weighted by atomic mass is 16.5. The number of hydrogen-bond donors (Lipinski definition) is 0. The quantitative estimate of drug-likeness (QED) is 0.861. The number of carbonyl (C=O) groups is 1. The number of carbonyl (C=O) groups excluding carboxylic acids is 1. The van der Waals surface area contributed by atoms with Gasteiger partial charge in [0.05, 0.1) is 7.11 Å². The maximum atomic E-state index is 12.8. The molecule has 1 heterocycles. The minimum absolute atomic E-state index is 0.147. The first kappa shape index (κ1) is 16.8. The first-order valence-corrected chi connectivity index (χ1v) is 8.05. The van der Waals surface area contributed by atoms with Crippen molar-refractivity contribution in [1.29, 1.82) is 0 Å². The van der Waals surface area contributed by atoms with Crippen LogP contribution in [0.4, 0.5) is 0 Å². The molecule has 0 spiro atoms. The number of hydrogen-bond acceptors (Lipinski definition) is 3. The number of ether oxygens (including phenoxy) is 1. The van der Waals surface area contributed by atoms with Crippen LogP contribution in [0.1, 0.15) is 40.7 Å². The van der Waals surface area contributed by atoms with E-state index >= 15 is 0 Å². The molecule has 1 unspecified atom stereocenters. The third-order valence-corrected chi connectivity index (χ3v) is 4.63. The number of likely N-dealkylation sites (tertiary alicyclic amines) is 1. The third-order valence-electron chi connectivity index (χ3n) is 4.63. The maximum Gasteiger partial charge on any atom is 0.253 e. The van der Waals surface area contributed by atoms with Gasteiger partial charge in [0.1, 0.15) is 5.75 Å². The van der Waals surface area contributed by atoms with Crippen LogP contribution in [-0.2, 0) is 0 Å². The molecular weight excluding hydrogens is 276 g/mol. The molecule has 1 aliphatic heterocycles. The Morgan fingerprint density at radius 1 is 1.18 bits per heavy atom. The molecule has 0 aliphatic carbocycles. The number of benzene rings is 1. The molecule has 1 aliphatic rings. The number of methoxy groups -OCH3 is 1. The van der Waals surface area contributed by atoms with Crippen molar-refractivity contribution < 1.29 is 9.53 Å². The van der Waals surface area contributed by atoms with Gasteiger partial charge in [0.25, 0.3) is 5.91 Å². The molecule has 0 radical (unpaired) electrons. The van der Waals surface area contributed by atoms with Crippen LogP contribution in [0.2, 0.25) is 0 Å². The molecule has 4 nitrogen and oxygen atoms in total. The summed E-state index contributed by atoms with van der Waals surface area (Å²) in [5.41, 5.74) is 2.82. The number of amides is 1. The predicted octanol–water partition coefficient (Wildman–Crippen LogP) is 2.87. The molecule has 1 saturated heterocycles. The monoisotopic (exact) mass is 304 g/mol. The van der Waals surface area contributed by atoms with Crippen molar-refractivity contribution in [3.8, 4) is 5.75 Å². The van der Waals surface area contributed by atoms with E-state index in [4.69, 9.17) is 4.74 Å². The van der Waals surface area contributed by atoms with E-state index in [0.717, 1.165) is 54.8 Å². The van der Waals surface area contributed by atoms with E-state index in [1.807, 2.05) is 30.9 Å². The highest BCUT2D eigenvalue weighted by Gasteiger charge is 2.23. The Bertz CT molecular complexity index is 517. The molecule has 122 valence electrons. The fourth-order valence-electron chi connectivity index (χ4n) is 3.38. The second-order valence-electron chi connectivity index (χ2n) is 6.48. The Hall–Kier alpha value is -1.55. The van der Waals surface area contributed by atoms with Crippen LogP contribution in [0.25, 0.3) is 0 Å². The van der Waals surface area contributed by atoms with Crippen molar-refractivity contribution in [2.75, 3.05) is 34.3 Å². The van der Waals surface area contributed by atoms with Gasteiger partial charge in [-0.25, -0.2) is 0 Å². The van der Waals surface area contributed by atoms with Gasteiger partial charge >= 0.3 is 0 Å². The van der Waals surface area contributed by atoms with Crippen molar-refractivity contribution in [3.63, 3.8) is 0 Å². The summed E-state index contributed by atoms with van der Waals surface area (Å²) in [6.07, 6.45) is 3.28. The first-order valence-electron chi connectivity index (χ1n) is 8.05. The maximum absolute atomic E-state index is 12.8. The number of rotatable bonds is 3. The molecule has 1 fully saturated rings. The van der Waals surface area contributed by atoms with Gasteiger partial charge in [0.15, 0.2) is 0 Å². The molecule has 2 rings (SSSR count). The Kier molecular flexibility index (Phi) is 5.46. The lowest BCUT2D eigenvalue weighted by atomic mass is 10.0. The predicted molar refractivity (Wildman–Crippen MR) is 89.7 cm³/mol. The number of nitrogens with zero attached hydrogens (tertiary/aromatic N) is 2. The van der Waals surface area contributed by atoms with Crippen LogP contribution in [0, 0.1) is 13.8 Å². The van der Waals surface area contributed by atoms with Gasteiger partial charge in [-0.1, -0.05) is 0 Å². The summed E-state index contributed by atoms with van der Waals surface area (Å²) in [6, 6.07) is 4.47. The van der Waals surface area contributed by atoms with Crippen LogP contribution >= 0.6 is 0 Å². The van der Waals surface area contributed by atoms with E-state index in [0.29, 0.717) is 6.04 Å². The zero-order valence-corrected chi connectivity index (χ0v) is 14.5. The summed E-state index contributed by atoms with van der Waals surface area (Å²) in [7, 11) is 5.92. The standard InChI is InChI=1S/C18H28N2O2/c1-13-11-15(12-14(2)17(13)22-5)18(21)20-9-6-7-16(8-10-20)19(3)4/h11-12,16H,6-10H2,1-5H3. The van der Waals surface area contributed by atoms with Crippen molar-refractivity contribution in [2.24, 2.45) is 0 Å². The van der Waals surface area contributed by atoms with Crippen LogP contribution in [0.3, 0.4) is 0 Å². The second kappa shape index (κ2) is 7.14.